The lowest BCUT2D eigenvalue weighted by Crippen LogP contribution is -1.94. The molecule has 0 amide bonds. The van der Waals surface area contributed by atoms with E-state index in [-0.39, 0.29) is 15.5 Å². The van der Waals surface area contributed by atoms with Gasteiger partial charge >= 0.3 is 0 Å². The van der Waals surface area contributed by atoms with Crippen molar-refractivity contribution in [2.75, 3.05) is 0 Å². The van der Waals surface area contributed by atoms with E-state index in [4.69, 9.17) is 0 Å². The molecule has 0 spiro atoms. The Morgan fingerprint density at radius 1 is 0.741 bits per heavy atom. The summed E-state index contributed by atoms with van der Waals surface area (Å²) in [6.07, 6.45) is 3.83. The first-order valence-corrected chi connectivity index (χ1v) is 8.44. The first-order chi connectivity index (χ1) is 12.7. The molecule has 0 atom stereocenters. The predicted molar refractivity (Wildman–Crippen MR) is 107 cm³/mol. The molecule has 6 nitrogen and oxygen atoms in total. The predicted octanol–water partition coefficient (Wildman–Crippen LogP) is 5.70. The van der Waals surface area contributed by atoms with E-state index in [0.717, 1.165) is 5.57 Å². The number of benzene rings is 2. The Hall–Kier alpha value is -3.28. The number of allylic oxidation sites excluding steroid dienone is 3. The third-order valence-electron chi connectivity index (χ3n) is 3.79. The Morgan fingerprint density at radius 3 is 1.56 bits per heavy atom. The van der Waals surface area contributed by atoms with Crippen molar-refractivity contribution in [3.05, 3.63) is 109 Å². The van der Waals surface area contributed by atoms with Gasteiger partial charge in [0.2, 0.25) is 5.70 Å². The van der Waals surface area contributed by atoms with Crippen molar-refractivity contribution in [2.45, 2.75) is 34.1 Å². The highest BCUT2D eigenvalue weighted by atomic mass is 16.6. The monoisotopic (exact) mass is 368 g/mol. The second-order valence-corrected chi connectivity index (χ2v) is 6.30. The molecule has 0 radical (unpaired) electrons. The van der Waals surface area contributed by atoms with E-state index in [1.807, 2.05) is 6.92 Å². The molecule has 1 aliphatic rings. The van der Waals surface area contributed by atoms with Crippen molar-refractivity contribution >= 4 is 5.69 Å². The van der Waals surface area contributed by atoms with E-state index in [0.29, 0.717) is 17.7 Å². The fourth-order valence-corrected chi connectivity index (χ4v) is 2.17. The van der Waals surface area contributed by atoms with Crippen LogP contribution >= 0.6 is 0 Å². The number of rotatable bonds is 2. The van der Waals surface area contributed by atoms with Crippen LogP contribution in [0.3, 0.4) is 0 Å². The summed E-state index contributed by atoms with van der Waals surface area (Å²) in [6, 6.07) is 15.1. The summed E-state index contributed by atoms with van der Waals surface area (Å²) in [4.78, 5) is 19.6. The van der Waals surface area contributed by atoms with E-state index < -0.39 is 0 Å². The quantitative estimate of drug-likeness (QED) is 0.502. The zero-order valence-electron chi connectivity index (χ0n) is 16.0. The Balaban J connectivity index is 0.000000204. The molecule has 2 aromatic rings. The number of nitro benzene ring substituents is 1. The van der Waals surface area contributed by atoms with Gasteiger partial charge in [-0.25, -0.2) is 0 Å². The highest BCUT2D eigenvalue weighted by Gasteiger charge is 2.13. The third-order valence-corrected chi connectivity index (χ3v) is 3.79. The maximum atomic E-state index is 10.2. The minimum absolute atomic E-state index is 0.183. The van der Waals surface area contributed by atoms with Crippen molar-refractivity contribution in [1.29, 1.82) is 0 Å². The molecule has 0 saturated heterocycles. The molecule has 27 heavy (non-hydrogen) atoms. The SMILES string of the molecule is CC1=CC=C([N+](=O)[O-])C1.Cc1ccc(C)cc1.Cc1ccccc1[N+](=O)[O-]. The largest absolute Gasteiger partial charge is 0.272 e. The molecule has 3 rings (SSSR count). The number of hydrogen-bond donors (Lipinski definition) is 0. The molecule has 0 saturated carbocycles. The summed E-state index contributed by atoms with van der Waals surface area (Å²) in [7, 11) is 0. The second-order valence-electron chi connectivity index (χ2n) is 6.30. The van der Waals surface area contributed by atoms with E-state index >= 15 is 0 Å². The lowest BCUT2D eigenvalue weighted by Gasteiger charge is -1.92. The summed E-state index contributed by atoms with van der Waals surface area (Å²) < 4.78 is 0. The van der Waals surface area contributed by atoms with Gasteiger partial charge in [-0.1, -0.05) is 65.2 Å². The van der Waals surface area contributed by atoms with Crippen molar-refractivity contribution in [2.24, 2.45) is 0 Å². The van der Waals surface area contributed by atoms with Crippen molar-refractivity contribution in [1.82, 2.24) is 0 Å². The summed E-state index contributed by atoms with van der Waals surface area (Å²) in [5.74, 6) is 0. The Kier molecular flexibility index (Phi) is 8.59. The molecule has 2 aromatic carbocycles. The fourth-order valence-electron chi connectivity index (χ4n) is 2.17. The summed E-state index contributed by atoms with van der Waals surface area (Å²) in [5, 5.41) is 20.3. The highest BCUT2D eigenvalue weighted by molar-refractivity contribution is 5.38. The van der Waals surface area contributed by atoms with Crippen LogP contribution in [-0.4, -0.2) is 9.85 Å². The van der Waals surface area contributed by atoms with Crippen LogP contribution < -0.4 is 0 Å². The Bertz CT molecular complexity index is 832. The second kappa shape index (κ2) is 10.7. The van der Waals surface area contributed by atoms with Crippen LogP contribution in [0.25, 0.3) is 0 Å². The first kappa shape index (κ1) is 21.8. The number of nitro groups is 2. The number of nitrogens with zero attached hydrogens (tertiary/aromatic N) is 2. The van der Waals surface area contributed by atoms with Gasteiger partial charge in [-0.3, -0.25) is 20.2 Å². The number of para-hydroxylation sites is 1. The molecule has 0 aliphatic heterocycles. The molecule has 1 aliphatic carbocycles. The summed E-state index contributed by atoms with van der Waals surface area (Å²) in [5.41, 5.74) is 4.90. The van der Waals surface area contributed by atoms with Crippen LogP contribution in [0.4, 0.5) is 5.69 Å². The molecule has 0 N–H and O–H groups in total. The van der Waals surface area contributed by atoms with Gasteiger partial charge in [0.1, 0.15) is 0 Å². The molecular formula is C21H24N2O4. The number of hydrogen-bond acceptors (Lipinski definition) is 4. The smallest absolute Gasteiger partial charge is 0.259 e. The van der Waals surface area contributed by atoms with Crippen LogP contribution in [0.1, 0.15) is 30.0 Å². The number of aryl methyl sites for hydroxylation is 3. The Labute approximate surface area is 159 Å². The van der Waals surface area contributed by atoms with E-state index in [1.54, 1.807) is 37.3 Å². The van der Waals surface area contributed by atoms with Crippen LogP contribution in [0.2, 0.25) is 0 Å². The molecule has 0 aromatic heterocycles. The summed E-state index contributed by atoms with van der Waals surface area (Å²) >= 11 is 0. The van der Waals surface area contributed by atoms with Gasteiger partial charge in [-0.2, -0.15) is 0 Å². The zero-order valence-corrected chi connectivity index (χ0v) is 16.0. The maximum Gasteiger partial charge on any atom is 0.272 e. The topological polar surface area (TPSA) is 86.3 Å². The third kappa shape index (κ3) is 8.09. The highest BCUT2D eigenvalue weighted by Crippen LogP contribution is 2.17. The van der Waals surface area contributed by atoms with E-state index in [9.17, 15) is 20.2 Å². The van der Waals surface area contributed by atoms with Gasteiger partial charge in [0.25, 0.3) is 5.69 Å². The van der Waals surface area contributed by atoms with Crippen LogP contribution in [0.5, 0.6) is 0 Å². The molecule has 6 heteroatoms. The molecular weight excluding hydrogens is 344 g/mol. The fraction of sp³-hybridized carbons (Fsp3) is 0.238. The van der Waals surface area contributed by atoms with Crippen molar-refractivity contribution in [3.63, 3.8) is 0 Å². The molecule has 0 bridgehead atoms. The average molecular weight is 368 g/mol. The normalized spacial score (nSPS) is 11.9. The van der Waals surface area contributed by atoms with Crippen LogP contribution in [0, 0.1) is 41.0 Å². The van der Waals surface area contributed by atoms with Crippen LogP contribution in [0.15, 0.2) is 72.0 Å². The lowest BCUT2D eigenvalue weighted by atomic mass is 10.2. The standard InChI is InChI=1S/C8H10.C7H7NO2.C6H7NO2/c1-7-3-5-8(2)6-4-7;1-6-4-2-3-5-7(6)8(9)10;1-5-2-3-6(4-5)7(8)9/h3-6H,1-2H3;2-5H,1H3;2-3H,4H2,1H3. The molecule has 0 fully saturated rings. The van der Waals surface area contributed by atoms with Crippen molar-refractivity contribution < 1.29 is 9.85 Å². The molecule has 0 heterocycles. The van der Waals surface area contributed by atoms with Gasteiger partial charge in [0, 0.05) is 17.7 Å². The molecule has 142 valence electrons. The Morgan fingerprint density at radius 2 is 1.26 bits per heavy atom. The van der Waals surface area contributed by atoms with E-state index in [1.165, 1.54) is 17.2 Å². The molecule has 0 unspecified atom stereocenters. The first-order valence-electron chi connectivity index (χ1n) is 8.44. The van der Waals surface area contributed by atoms with Crippen LogP contribution in [-0.2, 0) is 0 Å². The minimum atomic E-state index is -0.380. The average Bonchev–Trinajstić information content (AvgIpc) is 3.06. The zero-order chi connectivity index (χ0) is 20.4. The van der Waals surface area contributed by atoms with Gasteiger partial charge in [-0.15, -0.1) is 0 Å². The summed E-state index contributed by atoms with van der Waals surface area (Å²) in [6.45, 7) is 7.80. The lowest BCUT2D eigenvalue weighted by molar-refractivity contribution is -0.426. The van der Waals surface area contributed by atoms with Gasteiger partial charge in [0.15, 0.2) is 0 Å². The van der Waals surface area contributed by atoms with Gasteiger partial charge in [0.05, 0.1) is 16.3 Å². The van der Waals surface area contributed by atoms with Crippen molar-refractivity contribution in [3.8, 4) is 0 Å². The maximum absolute atomic E-state index is 10.2. The van der Waals surface area contributed by atoms with Gasteiger partial charge in [-0.05, 0) is 27.7 Å². The van der Waals surface area contributed by atoms with Gasteiger partial charge < -0.3 is 0 Å². The van der Waals surface area contributed by atoms with E-state index in [2.05, 4.69) is 38.1 Å². The minimum Gasteiger partial charge on any atom is -0.259 e.